The molecule has 0 aromatic carbocycles. The number of rotatable bonds is 4. The van der Waals surface area contributed by atoms with Gasteiger partial charge in [-0.2, -0.15) is 0 Å². The van der Waals surface area contributed by atoms with Gasteiger partial charge in [0, 0.05) is 6.04 Å². The van der Waals surface area contributed by atoms with Crippen molar-refractivity contribution in [3.8, 4) is 0 Å². The molecule has 1 atom stereocenters. The van der Waals surface area contributed by atoms with Crippen molar-refractivity contribution in [1.29, 1.82) is 0 Å². The molecule has 1 N–H and O–H groups in total. The summed E-state index contributed by atoms with van der Waals surface area (Å²) in [4.78, 5) is 26.3. The molecule has 120 valence electrons. The Morgan fingerprint density at radius 1 is 1.14 bits per heavy atom. The molecule has 2 aliphatic rings. The summed E-state index contributed by atoms with van der Waals surface area (Å²) in [6.45, 7) is 6.72. The molecule has 1 saturated carbocycles. The Bertz CT molecular complexity index is 383. The van der Waals surface area contributed by atoms with E-state index in [2.05, 4.69) is 5.32 Å². The van der Waals surface area contributed by atoms with E-state index in [1.807, 2.05) is 25.7 Å². The molecule has 2 fully saturated rings. The number of esters is 1. The molecule has 1 amide bonds. The molecule has 1 aliphatic heterocycles. The molecule has 0 aromatic heterocycles. The van der Waals surface area contributed by atoms with Crippen LogP contribution < -0.4 is 5.32 Å². The second-order valence-corrected chi connectivity index (χ2v) is 7.21. The third kappa shape index (κ3) is 4.99. The van der Waals surface area contributed by atoms with Crippen LogP contribution in [0.1, 0.15) is 59.3 Å². The van der Waals surface area contributed by atoms with Gasteiger partial charge in [-0.3, -0.25) is 14.5 Å². The first-order chi connectivity index (χ1) is 9.85. The van der Waals surface area contributed by atoms with Crippen molar-refractivity contribution in [2.24, 2.45) is 0 Å². The fourth-order valence-electron chi connectivity index (χ4n) is 3.18. The van der Waals surface area contributed by atoms with E-state index in [9.17, 15) is 9.59 Å². The summed E-state index contributed by atoms with van der Waals surface area (Å²) < 4.78 is 5.45. The molecule has 0 unspecified atom stereocenters. The number of hydrogen-bond donors (Lipinski definition) is 1. The van der Waals surface area contributed by atoms with Gasteiger partial charge in [0.25, 0.3) is 0 Å². The molecule has 0 aromatic rings. The van der Waals surface area contributed by atoms with Crippen LogP contribution in [0.15, 0.2) is 0 Å². The lowest BCUT2D eigenvalue weighted by atomic mass is 10.1. The van der Waals surface area contributed by atoms with Crippen molar-refractivity contribution < 1.29 is 14.3 Å². The van der Waals surface area contributed by atoms with Gasteiger partial charge in [0.15, 0.2) is 0 Å². The molecule has 5 nitrogen and oxygen atoms in total. The summed E-state index contributed by atoms with van der Waals surface area (Å²) >= 11 is 0. The number of ether oxygens (including phenoxy) is 1. The van der Waals surface area contributed by atoms with Gasteiger partial charge >= 0.3 is 5.97 Å². The van der Waals surface area contributed by atoms with Gasteiger partial charge in [0.05, 0.1) is 6.54 Å². The highest BCUT2D eigenvalue weighted by Gasteiger charge is 2.35. The summed E-state index contributed by atoms with van der Waals surface area (Å²) in [5, 5.41) is 3.08. The molecular weight excluding hydrogens is 268 g/mol. The number of likely N-dealkylation sites (tertiary alicyclic amines) is 1. The van der Waals surface area contributed by atoms with E-state index < -0.39 is 5.60 Å². The standard InChI is InChI=1S/C16H28N2O3/c1-16(2,3)21-15(20)13-9-6-10-18(13)11-14(19)17-12-7-4-5-8-12/h12-13H,4-11H2,1-3H3,(H,17,19)/t13-/m0/s1. The van der Waals surface area contributed by atoms with Crippen molar-refractivity contribution in [3.05, 3.63) is 0 Å². The van der Waals surface area contributed by atoms with Gasteiger partial charge in [0.1, 0.15) is 11.6 Å². The average molecular weight is 296 g/mol. The van der Waals surface area contributed by atoms with Crippen LogP contribution in [0.25, 0.3) is 0 Å². The number of carbonyl (C=O) groups is 2. The highest BCUT2D eigenvalue weighted by Crippen LogP contribution is 2.21. The van der Waals surface area contributed by atoms with E-state index in [0.717, 1.165) is 32.2 Å². The van der Waals surface area contributed by atoms with Crippen LogP contribution in [0.3, 0.4) is 0 Å². The van der Waals surface area contributed by atoms with Crippen LogP contribution >= 0.6 is 0 Å². The van der Waals surface area contributed by atoms with Gasteiger partial charge in [0.2, 0.25) is 5.91 Å². The molecule has 21 heavy (non-hydrogen) atoms. The predicted molar refractivity (Wildman–Crippen MR) is 80.8 cm³/mol. The Morgan fingerprint density at radius 2 is 1.81 bits per heavy atom. The number of hydrogen-bond acceptors (Lipinski definition) is 4. The van der Waals surface area contributed by atoms with Crippen LogP contribution in [0, 0.1) is 0 Å². The predicted octanol–water partition coefficient (Wildman–Crippen LogP) is 1.85. The first kappa shape index (κ1) is 16.3. The quantitative estimate of drug-likeness (QED) is 0.804. The zero-order valence-electron chi connectivity index (χ0n) is 13.5. The van der Waals surface area contributed by atoms with Gasteiger partial charge in [-0.25, -0.2) is 0 Å². The molecule has 1 aliphatic carbocycles. The summed E-state index contributed by atoms with van der Waals surface area (Å²) in [5.74, 6) is -0.161. The maximum atomic E-state index is 12.2. The highest BCUT2D eigenvalue weighted by molar-refractivity contribution is 5.81. The Morgan fingerprint density at radius 3 is 2.43 bits per heavy atom. The fourth-order valence-corrected chi connectivity index (χ4v) is 3.18. The SMILES string of the molecule is CC(C)(C)OC(=O)[C@@H]1CCCN1CC(=O)NC1CCCC1. The van der Waals surface area contributed by atoms with Gasteiger partial charge < -0.3 is 10.1 Å². The summed E-state index contributed by atoms with van der Waals surface area (Å²) in [5.41, 5.74) is -0.475. The molecule has 0 spiro atoms. The molecule has 5 heteroatoms. The molecule has 2 rings (SSSR count). The van der Waals surface area contributed by atoms with Crippen LogP contribution in [0.2, 0.25) is 0 Å². The fraction of sp³-hybridized carbons (Fsp3) is 0.875. The molecule has 0 bridgehead atoms. The maximum absolute atomic E-state index is 12.2. The smallest absolute Gasteiger partial charge is 0.323 e. The minimum atomic E-state index is -0.475. The molecule has 1 heterocycles. The van der Waals surface area contributed by atoms with Gasteiger partial charge in [-0.05, 0) is 53.0 Å². The summed E-state index contributed by atoms with van der Waals surface area (Å²) in [6, 6.07) is 0.0682. The maximum Gasteiger partial charge on any atom is 0.323 e. The Kier molecular flexibility index (Phi) is 5.25. The third-order valence-electron chi connectivity index (χ3n) is 4.11. The topological polar surface area (TPSA) is 58.6 Å². The van der Waals surface area contributed by atoms with E-state index in [1.54, 1.807) is 0 Å². The monoisotopic (exact) mass is 296 g/mol. The summed E-state index contributed by atoms with van der Waals surface area (Å²) in [6.07, 6.45) is 6.30. The largest absolute Gasteiger partial charge is 0.459 e. The van der Waals surface area contributed by atoms with Crippen molar-refractivity contribution in [1.82, 2.24) is 10.2 Å². The molecular formula is C16H28N2O3. The van der Waals surface area contributed by atoms with E-state index >= 15 is 0 Å². The lowest BCUT2D eigenvalue weighted by molar-refractivity contribution is -0.160. The van der Waals surface area contributed by atoms with E-state index in [-0.39, 0.29) is 17.9 Å². The van der Waals surface area contributed by atoms with Crippen LogP contribution in [-0.2, 0) is 14.3 Å². The first-order valence-electron chi connectivity index (χ1n) is 8.11. The molecule has 1 saturated heterocycles. The van der Waals surface area contributed by atoms with Gasteiger partial charge in [-0.1, -0.05) is 12.8 Å². The zero-order chi connectivity index (χ0) is 15.5. The van der Waals surface area contributed by atoms with Crippen LogP contribution in [0.4, 0.5) is 0 Å². The first-order valence-corrected chi connectivity index (χ1v) is 8.11. The normalized spacial score (nSPS) is 24.2. The van der Waals surface area contributed by atoms with E-state index in [1.165, 1.54) is 12.8 Å². The Hall–Kier alpha value is -1.10. The van der Waals surface area contributed by atoms with E-state index in [4.69, 9.17) is 4.74 Å². The second-order valence-electron chi connectivity index (χ2n) is 7.21. The average Bonchev–Trinajstić information content (AvgIpc) is 2.97. The minimum Gasteiger partial charge on any atom is -0.459 e. The minimum absolute atomic E-state index is 0.0392. The zero-order valence-corrected chi connectivity index (χ0v) is 13.5. The van der Waals surface area contributed by atoms with Crippen LogP contribution in [0.5, 0.6) is 0 Å². The number of nitrogens with zero attached hydrogens (tertiary/aromatic N) is 1. The number of amides is 1. The molecule has 0 radical (unpaired) electrons. The van der Waals surface area contributed by atoms with Gasteiger partial charge in [-0.15, -0.1) is 0 Å². The lowest BCUT2D eigenvalue weighted by Gasteiger charge is -2.27. The van der Waals surface area contributed by atoms with Crippen molar-refractivity contribution in [3.63, 3.8) is 0 Å². The van der Waals surface area contributed by atoms with Crippen molar-refractivity contribution >= 4 is 11.9 Å². The highest BCUT2D eigenvalue weighted by atomic mass is 16.6. The van der Waals surface area contributed by atoms with Crippen molar-refractivity contribution in [2.45, 2.75) is 77.0 Å². The Balaban J connectivity index is 1.83. The Labute approximate surface area is 127 Å². The van der Waals surface area contributed by atoms with Crippen LogP contribution in [-0.4, -0.2) is 47.6 Å². The number of carbonyl (C=O) groups excluding carboxylic acids is 2. The second kappa shape index (κ2) is 6.77. The number of nitrogens with one attached hydrogen (secondary N) is 1. The van der Waals surface area contributed by atoms with E-state index in [0.29, 0.717) is 12.6 Å². The third-order valence-corrected chi connectivity index (χ3v) is 4.11. The lowest BCUT2D eigenvalue weighted by Crippen LogP contribution is -2.46. The van der Waals surface area contributed by atoms with Crippen molar-refractivity contribution in [2.75, 3.05) is 13.1 Å². The summed E-state index contributed by atoms with van der Waals surface area (Å²) in [7, 11) is 0.